The van der Waals surface area contributed by atoms with Gasteiger partial charge in [0.25, 0.3) is 0 Å². The summed E-state index contributed by atoms with van der Waals surface area (Å²) in [6.45, 7) is 1.82. The SMILES string of the molecule is CN(CCC(N)c1cccc(Cl)c1)Cc1ccc(Cl)cc1. The highest BCUT2D eigenvalue weighted by Crippen LogP contribution is 2.19. The van der Waals surface area contributed by atoms with E-state index < -0.39 is 0 Å². The largest absolute Gasteiger partial charge is 0.324 e. The van der Waals surface area contributed by atoms with Crippen LogP contribution in [0.1, 0.15) is 23.6 Å². The summed E-state index contributed by atoms with van der Waals surface area (Å²) in [7, 11) is 2.10. The maximum Gasteiger partial charge on any atom is 0.0409 e. The van der Waals surface area contributed by atoms with E-state index in [1.807, 2.05) is 36.4 Å². The molecule has 0 aliphatic carbocycles. The van der Waals surface area contributed by atoms with Crippen molar-refractivity contribution >= 4 is 23.2 Å². The number of hydrogen-bond donors (Lipinski definition) is 1. The van der Waals surface area contributed by atoms with E-state index >= 15 is 0 Å². The Morgan fingerprint density at radius 3 is 2.43 bits per heavy atom. The van der Waals surface area contributed by atoms with Crippen molar-refractivity contribution in [2.75, 3.05) is 13.6 Å². The lowest BCUT2D eigenvalue weighted by atomic mass is 10.0. The molecule has 2 aromatic rings. The highest BCUT2D eigenvalue weighted by atomic mass is 35.5. The third kappa shape index (κ3) is 5.33. The minimum absolute atomic E-state index is 0.0105. The van der Waals surface area contributed by atoms with Crippen LogP contribution in [0.3, 0.4) is 0 Å². The van der Waals surface area contributed by atoms with Gasteiger partial charge in [-0.05, 0) is 55.4 Å². The smallest absolute Gasteiger partial charge is 0.0409 e. The van der Waals surface area contributed by atoms with Crippen LogP contribution in [-0.2, 0) is 6.54 Å². The average Bonchev–Trinajstić information content (AvgIpc) is 2.47. The van der Waals surface area contributed by atoms with E-state index in [1.165, 1.54) is 5.56 Å². The lowest BCUT2D eigenvalue weighted by Gasteiger charge is -2.20. The summed E-state index contributed by atoms with van der Waals surface area (Å²) in [5.74, 6) is 0. The first-order valence-corrected chi connectivity index (χ1v) is 7.74. The summed E-state index contributed by atoms with van der Waals surface area (Å²) in [6.07, 6.45) is 0.893. The molecule has 0 fully saturated rings. The molecule has 0 aromatic heterocycles. The van der Waals surface area contributed by atoms with Crippen LogP contribution in [0, 0.1) is 0 Å². The van der Waals surface area contributed by atoms with Gasteiger partial charge in [-0.25, -0.2) is 0 Å². The number of nitrogens with zero attached hydrogens (tertiary/aromatic N) is 1. The first-order valence-electron chi connectivity index (χ1n) is 6.98. The average molecular weight is 323 g/mol. The second-order valence-corrected chi connectivity index (χ2v) is 6.19. The minimum Gasteiger partial charge on any atom is -0.324 e. The highest BCUT2D eigenvalue weighted by Gasteiger charge is 2.08. The van der Waals surface area contributed by atoms with E-state index in [9.17, 15) is 0 Å². The molecule has 0 bridgehead atoms. The Balaban J connectivity index is 1.83. The molecule has 2 rings (SSSR count). The summed E-state index contributed by atoms with van der Waals surface area (Å²) >= 11 is 11.9. The molecule has 21 heavy (non-hydrogen) atoms. The van der Waals surface area contributed by atoms with Crippen molar-refractivity contribution in [2.45, 2.75) is 19.0 Å². The van der Waals surface area contributed by atoms with Gasteiger partial charge in [0.15, 0.2) is 0 Å². The molecule has 0 saturated heterocycles. The van der Waals surface area contributed by atoms with Crippen LogP contribution in [0.25, 0.3) is 0 Å². The Bertz CT molecular complexity index is 569. The fourth-order valence-corrected chi connectivity index (χ4v) is 2.57. The molecule has 2 nitrogen and oxygen atoms in total. The van der Waals surface area contributed by atoms with E-state index in [2.05, 4.69) is 24.1 Å². The van der Waals surface area contributed by atoms with Crippen LogP contribution in [0.5, 0.6) is 0 Å². The minimum atomic E-state index is 0.0105. The molecule has 0 aliphatic rings. The summed E-state index contributed by atoms with van der Waals surface area (Å²) in [4.78, 5) is 2.26. The lowest BCUT2D eigenvalue weighted by molar-refractivity contribution is 0.311. The topological polar surface area (TPSA) is 29.3 Å². The molecule has 4 heteroatoms. The van der Waals surface area contributed by atoms with E-state index in [0.29, 0.717) is 0 Å². The zero-order chi connectivity index (χ0) is 15.2. The van der Waals surface area contributed by atoms with Crippen LogP contribution in [-0.4, -0.2) is 18.5 Å². The molecular weight excluding hydrogens is 303 g/mol. The quantitative estimate of drug-likeness (QED) is 0.847. The first-order chi connectivity index (χ1) is 10.0. The summed E-state index contributed by atoms with van der Waals surface area (Å²) < 4.78 is 0. The number of nitrogens with two attached hydrogens (primary N) is 1. The van der Waals surface area contributed by atoms with E-state index in [0.717, 1.165) is 35.1 Å². The first kappa shape index (κ1) is 16.3. The fourth-order valence-electron chi connectivity index (χ4n) is 2.24. The van der Waals surface area contributed by atoms with Crippen molar-refractivity contribution in [3.63, 3.8) is 0 Å². The Morgan fingerprint density at radius 2 is 1.76 bits per heavy atom. The maximum absolute atomic E-state index is 6.22. The van der Waals surface area contributed by atoms with Gasteiger partial charge in [0, 0.05) is 22.6 Å². The molecule has 2 aromatic carbocycles. The zero-order valence-electron chi connectivity index (χ0n) is 12.1. The summed E-state index contributed by atoms with van der Waals surface area (Å²) in [5, 5.41) is 1.50. The molecule has 0 amide bonds. The monoisotopic (exact) mass is 322 g/mol. The molecule has 0 spiro atoms. The normalized spacial score (nSPS) is 12.6. The molecule has 0 heterocycles. The maximum atomic E-state index is 6.22. The fraction of sp³-hybridized carbons (Fsp3) is 0.294. The van der Waals surface area contributed by atoms with E-state index in [1.54, 1.807) is 0 Å². The molecule has 1 atom stereocenters. The number of halogens is 2. The van der Waals surface area contributed by atoms with Crippen LogP contribution < -0.4 is 5.73 Å². The molecule has 0 aliphatic heterocycles. The van der Waals surface area contributed by atoms with Crippen molar-refractivity contribution in [3.8, 4) is 0 Å². The van der Waals surface area contributed by atoms with Crippen LogP contribution in [0.4, 0.5) is 0 Å². The van der Waals surface area contributed by atoms with Gasteiger partial charge in [-0.15, -0.1) is 0 Å². The Labute approximate surface area is 136 Å². The Hall–Kier alpha value is -1.06. The Morgan fingerprint density at radius 1 is 1.05 bits per heavy atom. The molecule has 112 valence electrons. The molecular formula is C17H20Cl2N2. The van der Waals surface area contributed by atoms with Gasteiger partial charge < -0.3 is 10.6 Å². The predicted molar refractivity (Wildman–Crippen MR) is 90.8 cm³/mol. The molecule has 0 saturated carbocycles. The van der Waals surface area contributed by atoms with Gasteiger partial charge in [-0.3, -0.25) is 0 Å². The van der Waals surface area contributed by atoms with Gasteiger partial charge >= 0.3 is 0 Å². The van der Waals surface area contributed by atoms with Crippen molar-refractivity contribution < 1.29 is 0 Å². The second-order valence-electron chi connectivity index (χ2n) is 5.31. The van der Waals surface area contributed by atoms with Crippen molar-refractivity contribution in [2.24, 2.45) is 5.73 Å². The molecule has 2 N–H and O–H groups in total. The van der Waals surface area contributed by atoms with Gasteiger partial charge in [0.2, 0.25) is 0 Å². The third-order valence-electron chi connectivity index (χ3n) is 3.46. The number of hydrogen-bond acceptors (Lipinski definition) is 2. The predicted octanol–water partition coefficient (Wildman–Crippen LogP) is 4.52. The summed E-state index contributed by atoms with van der Waals surface area (Å²) in [6, 6.07) is 15.7. The van der Waals surface area contributed by atoms with Gasteiger partial charge in [-0.1, -0.05) is 47.5 Å². The summed E-state index contributed by atoms with van der Waals surface area (Å²) in [5.41, 5.74) is 8.56. The van der Waals surface area contributed by atoms with Crippen LogP contribution in [0.2, 0.25) is 10.0 Å². The molecule has 0 radical (unpaired) electrons. The van der Waals surface area contributed by atoms with E-state index in [4.69, 9.17) is 28.9 Å². The Kier molecular flexibility index (Phi) is 6.07. The lowest BCUT2D eigenvalue weighted by Crippen LogP contribution is -2.23. The van der Waals surface area contributed by atoms with Crippen molar-refractivity contribution in [3.05, 3.63) is 69.7 Å². The third-order valence-corrected chi connectivity index (χ3v) is 3.95. The zero-order valence-corrected chi connectivity index (χ0v) is 13.6. The standard InChI is InChI=1S/C17H20Cl2N2/c1-21(12-13-5-7-15(18)8-6-13)10-9-17(20)14-3-2-4-16(19)11-14/h2-8,11,17H,9-10,12,20H2,1H3. The van der Waals surface area contributed by atoms with E-state index in [-0.39, 0.29) is 6.04 Å². The van der Waals surface area contributed by atoms with Crippen LogP contribution in [0.15, 0.2) is 48.5 Å². The highest BCUT2D eigenvalue weighted by molar-refractivity contribution is 6.30. The number of benzene rings is 2. The van der Waals surface area contributed by atoms with Crippen LogP contribution >= 0.6 is 23.2 Å². The number of rotatable bonds is 6. The van der Waals surface area contributed by atoms with Crippen molar-refractivity contribution in [1.29, 1.82) is 0 Å². The van der Waals surface area contributed by atoms with Gasteiger partial charge in [-0.2, -0.15) is 0 Å². The second kappa shape index (κ2) is 7.81. The van der Waals surface area contributed by atoms with Gasteiger partial charge in [0.05, 0.1) is 0 Å². The van der Waals surface area contributed by atoms with Gasteiger partial charge in [0.1, 0.15) is 0 Å². The van der Waals surface area contributed by atoms with Crippen molar-refractivity contribution in [1.82, 2.24) is 4.90 Å². The molecule has 1 unspecified atom stereocenters.